The number of thiophene rings is 1. The van der Waals surface area contributed by atoms with E-state index in [4.69, 9.17) is 4.74 Å². The number of aryl methyl sites for hydroxylation is 1. The van der Waals surface area contributed by atoms with Crippen molar-refractivity contribution in [1.29, 1.82) is 0 Å². The number of hydrogen-bond acceptors (Lipinski definition) is 5. The highest BCUT2D eigenvalue weighted by Crippen LogP contribution is 2.26. The third-order valence-electron chi connectivity index (χ3n) is 3.72. The summed E-state index contributed by atoms with van der Waals surface area (Å²) in [5.41, 5.74) is 1.59. The normalized spacial score (nSPS) is 15.6. The molecule has 1 N–H and O–H groups in total. The third-order valence-corrected chi connectivity index (χ3v) is 6.83. The summed E-state index contributed by atoms with van der Waals surface area (Å²) >= 11 is 1.31. The second-order valence-electron chi connectivity index (χ2n) is 5.33. The number of sulfonamides is 1. The van der Waals surface area contributed by atoms with Crippen LogP contribution in [0.4, 0.5) is 11.4 Å². The lowest BCUT2D eigenvalue weighted by atomic mass is 10.2. The largest absolute Gasteiger partial charge is 0.378 e. The van der Waals surface area contributed by atoms with E-state index in [2.05, 4.69) is 9.62 Å². The number of hydrogen-bond donors (Lipinski definition) is 1. The first-order chi connectivity index (χ1) is 11.1. The Labute approximate surface area is 140 Å². The fraction of sp³-hybridized carbons (Fsp3) is 0.375. The molecule has 1 fully saturated rings. The van der Waals surface area contributed by atoms with E-state index in [1.54, 1.807) is 12.1 Å². The van der Waals surface area contributed by atoms with Crippen LogP contribution in [0.3, 0.4) is 0 Å². The summed E-state index contributed by atoms with van der Waals surface area (Å²) in [6, 6.07) is 11.0. The topological polar surface area (TPSA) is 58.6 Å². The van der Waals surface area contributed by atoms with Crippen molar-refractivity contribution in [1.82, 2.24) is 0 Å². The zero-order valence-corrected chi connectivity index (χ0v) is 14.6. The van der Waals surface area contributed by atoms with Gasteiger partial charge in [-0.25, -0.2) is 8.42 Å². The fourth-order valence-corrected chi connectivity index (χ4v) is 4.83. The van der Waals surface area contributed by atoms with Gasteiger partial charge >= 0.3 is 0 Å². The first-order valence-corrected chi connectivity index (χ1v) is 9.93. The first kappa shape index (κ1) is 16.3. The summed E-state index contributed by atoms with van der Waals surface area (Å²) in [4.78, 5) is 3.26. The molecule has 1 saturated heterocycles. The van der Waals surface area contributed by atoms with Gasteiger partial charge in [-0.1, -0.05) is 13.0 Å². The molecule has 3 rings (SSSR count). The second-order valence-corrected chi connectivity index (χ2v) is 8.41. The van der Waals surface area contributed by atoms with Gasteiger partial charge in [0.1, 0.15) is 4.21 Å². The summed E-state index contributed by atoms with van der Waals surface area (Å²) in [7, 11) is -3.52. The van der Waals surface area contributed by atoms with Crippen LogP contribution in [0.1, 0.15) is 11.8 Å². The molecule has 0 atom stereocenters. The molecule has 5 nitrogen and oxygen atoms in total. The van der Waals surface area contributed by atoms with Gasteiger partial charge in [-0.05, 0) is 36.8 Å². The molecule has 0 aliphatic carbocycles. The van der Waals surface area contributed by atoms with E-state index in [1.807, 2.05) is 31.2 Å². The van der Waals surface area contributed by atoms with Crippen molar-refractivity contribution in [3.05, 3.63) is 41.3 Å². The van der Waals surface area contributed by atoms with Gasteiger partial charge in [0.25, 0.3) is 10.0 Å². The van der Waals surface area contributed by atoms with Gasteiger partial charge in [0.2, 0.25) is 0 Å². The Morgan fingerprint density at radius 2 is 2.00 bits per heavy atom. The molecule has 1 aliphatic rings. The Hall–Kier alpha value is -1.57. The van der Waals surface area contributed by atoms with Crippen LogP contribution in [0.25, 0.3) is 0 Å². The van der Waals surface area contributed by atoms with E-state index in [0.29, 0.717) is 23.1 Å². The SMILES string of the molecule is CCc1ccc(S(=O)(=O)Nc2cccc(N3CCOCC3)c2)s1. The number of nitrogens with one attached hydrogen (secondary N) is 1. The van der Waals surface area contributed by atoms with Crippen LogP contribution >= 0.6 is 11.3 Å². The highest BCUT2D eigenvalue weighted by Gasteiger charge is 2.18. The van der Waals surface area contributed by atoms with Crippen LogP contribution in [0.15, 0.2) is 40.6 Å². The van der Waals surface area contributed by atoms with Crippen molar-refractivity contribution >= 4 is 32.7 Å². The monoisotopic (exact) mass is 352 g/mol. The molecule has 0 spiro atoms. The molecule has 7 heteroatoms. The van der Waals surface area contributed by atoms with Crippen molar-refractivity contribution in [3.63, 3.8) is 0 Å². The number of nitrogens with zero attached hydrogens (tertiary/aromatic N) is 1. The predicted octanol–water partition coefficient (Wildman–Crippen LogP) is 2.95. The lowest BCUT2D eigenvalue weighted by Gasteiger charge is -2.29. The van der Waals surface area contributed by atoms with Crippen LogP contribution in [0, 0.1) is 0 Å². The van der Waals surface area contributed by atoms with Crippen LogP contribution in [-0.2, 0) is 21.2 Å². The van der Waals surface area contributed by atoms with Gasteiger partial charge < -0.3 is 9.64 Å². The van der Waals surface area contributed by atoms with E-state index in [0.717, 1.165) is 30.1 Å². The smallest absolute Gasteiger partial charge is 0.271 e. The molecule has 2 heterocycles. The summed E-state index contributed by atoms with van der Waals surface area (Å²) in [5, 5.41) is 0. The molecule has 1 aliphatic heterocycles. The lowest BCUT2D eigenvalue weighted by Crippen LogP contribution is -2.36. The summed E-state index contributed by atoms with van der Waals surface area (Å²) in [6.07, 6.45) is 0.840. The fourth-order valence-electron chi connectivity index (χ4n) is 2.49. The van der Waals surface area contributed by atoms with E-state index >= 15 is 0 Å². The zero-order chi connectivity index (χ0) is 16.3. The molecule has 0 bridgehead atoms. The third kappa shape index (κ3) is 3.85. The Kier molecular flexibility index (Phi) is 4.89. The van der Waals surface area contributed by atoms with Crippen molar-refractivity contribution in [3.8, 4) is 0 Å². The van der Waals surface area contributed by atoms with Gasteiger partial charge in [-0.3, -0.25) is 4.72 Å². The van der Waals surface area contributed by atoms with Gasteiger partial charge in [0.15, 0.2) is 0 Å². The molecule has 1 aromatic carbocycles. The molecule has 124 valence electrons. The summed E-state index contributed by atoms with van der Waals surface area (Å²) in [5.74, 6) is 0. The summed E-state index contributed by atoms with van der Waals surface area (Å²) < 4.78 is 33.3. The van der Waals surface area contributed by atoms with Crippen molar-refractivity contribution in [2.24, 2.45) is 0 Å². The van der Waals surface area contributed by atoms with Crippen LogP contribution < -0.4 is 9.62 Å². The Morgan fingerprint density at radius 3 is 2.70 bits per heavy atom. The van der Waals surface area contributed by atoms with E-state index < -0.39 is 10.0 Å². The highest BCUT2D eigenvalue weighted by atomic mass is 32.2. The number of morpholine rings is 1. The van der Waals surface area contributed by atoms with Crippen LogP contribution in [-0.4, -0.2) is 34.7 Å². The van der Waals surface area contributed by atoms with Gasteiger partial charge in [-0.2, -0.15) is 0 Å². The number of rotatable bonds is 5. The van der Waals surface area contributed by atoms with Crippen LogP contribution in [0.2, 0.25) is 0 Å². The minimum absolute atomic E-state index is 0.353. The van der Waals surface area contributed by atoms with Gasteiger partial charge in [-0.15, -0.1) is 11.3 Å². The zero-order valence-electron chi connectivity index (χ0n) is 13.0. The Morgan fingerprint density at radius 1 is 1.22 bits per heavy atom. The standard InChI is InChI=1S/C16H20N2O3S2/c1-2-15-6-7-16(22-15)23(19,20)17-13-4-3-5-14(12-13)18-8-10-21-11-9-18/h3-7,12,17H,2,8-11H2,1H3. The molecular weight excluding hydrogens is 332 g/mol. The number of anilines is 2. The lowest BCUT2D eigenvalue weighted by molar-refractivity contribution is 0.122. The maximum Gasteiger partial charge on any atom is 0.271 e. The van der Waals surface area contributed by atoms with Crippen molar-refractivity contribution < 1.29 is 13.2 Å². The summed E-state index contributed by atoms with van der Waals surface area (Å²) in [6.45, 7) is 5.05. The highest BCUT2D eigenvalue weighted by molar-refractivity contribution is 7.94. The average molecular weight is 352 g/mol. The molecule has 0 amide bonds. The van der Waals surface area contributed by atoms with Gasteiger partial charge in [0, 0.05) is 23.7 Å². The first-order valence-electron chi connectivity index (χ1n) is 7.63. The minimum atomic E-state index is -3.52. The van der Waals surface area contributed by atoms with Crippen molar-refractivity contribution in [2.45, 2.75) is 17.6 Å². The van der Waals surface area contributed by atoms with E-state index in [-0.39, 0.29) is 0 Å². The molecule has 0 unspecified atom stereocenters. The minimum Gasteiger partial charge on any atom is -0.378 e. The number of benzene rings is 1. The molecule has 0 saturated carbocycles. The quantitative estimate of drug-likeness (QED) is 0.899. The predicted molar refractivity (Wildman–Crippen MR) is 94.0 cm³/mol. The van der Waals surface area contributed by atoms with E-state index in [9.17, 15) is 8.42 Å². The maximum atomic E-state index is 12.5. The molecular formula is C16H20N2O3S2. The van der Waals surface area contributed by atoms with Crippen molar-refractivity contribution in [2.75, 3.05) is 35.9 Å². The average Bonchev–Trinajstić information content (AvgIpc) is 3.06. The molecule has 0 radical (unpaired) electrons. The molecule has 23 heavy (non-hydrogen) atoms. The van der Waals surface area contributed by atoms with E-state index in [1.165, 1.54) is 11.3 Å². The number of ether oxygens (including phenoxy) is 1. The van der Waals surface area contributed by atoms with Gasteiger partial charge in [0.05, 0.1) is 18.9 Å². The Balaban J connectivity index is 1.79. The Bertz CT molecular complexity index is 765. The second kappa shape index (κ2) is 6.90. The maximum absolute atomic E-state index is 12.5. The molecule has 1 aromatic heterocycles. The molecule has 2 aromatic rings. The van der Waals surface area contributed by atoms with Crippen LogP contribution in [0.5, 0.6) is 0 Å².